The molecular formula is C12H11Cl2N3O. The summed E-state index contributed by atoms with van der Waals surface area (Å²) in [5.41, 5.74) is 6.71. The Hall–Kier alpha value is -1.26. The summed E-state index contributed by atoms with van der Waals surface area (Å²) in [6, 6.07) is 4.97. The molecule has 2 amide bonds. The van der Waals surface area contributed by atoms with Gasteiger partial charge in [-0.25, -0.2) is 4.79 Å². The fourth-order valence-electron chi connectivity index (χ4n) is 2.22. The topological polar surface area (TPSA) is 58.7 Å². The highest BCUT2D eigenvalue weighted by molar-refractivity contribution is 6.42. The van der Waals surface area contributed by atoms with Crippen molar-refractivity contribution in [2.45, 2.75) is 24.9 Å². The number of nitrogens with two attached hydrogens (primary N) is 1. The molecule has 6 heteroatoms. The lowest BCUT2D eigenvalue weighted by Crippen LogP contribution is -2.34. The molecule has 3 rings (SSSR count). The summed E-state index contributed by atoms with van der Waals surface area (Å²) in [6.07, 6.45) is 2.01. The molecule has 1 saturated carbocycles. The van der Waals surface area contributed by atoms with Gasteiger partial charge in [0.2, 0.25) is 0 Å². The van der Waals surface area contributed by atoms with E-state index in [2.05, 4.69) is 4.99 Å². The van der Waals surface area contributed by atoms with Crippen molar-refractivity contribution in [3.8, 4) is 0 Å². The Balaban J connectivity index is 2.00. The van der Waals surface area contributed by atoms with Crippen LogP contribution in [0.15, 0.2) is 23.2 Å². The summed E-state index contributed by atoms with van der Waals surface area (Å²) in [7, 11) is 0. The van der Waals surface area contributed by atoms with Gasteiger partial charge in [-0.05, 0) is 30.5 Å². The van der Waals surface area contributed by atoms with Gasteiger partial charge in [0.05, 0.1) is 10.0 Å². The summed E-state index contributed by atoms with van der Waals surface area (Å²) >= 11 is 11.9. The first-order valence-electron chi connectivity index (χ1n) is 5.69. The predicted octanol–water partition coefficient (Wildman–Crippen LogP) is 2.99. The van der Waals surface area contributed by atoms with Gasteiger partial charge in [0.15, 0.2) is 0 Å². The van der Waals surface area contributed by atoms with E-state index in [-0.39, 0.29) is 18.1 Å². The van der Waals surface area contributed by atoms with E-state index in [1.165, 1.54) is 0 Å². The van der Waals surface area contributed by atoms with Crippen molar-refractivity contribution in [1.82, 2.24) is 4.90 Å². The van der Waals surface area contributed by atoms with E-state index in [9.17, 15) is 4.79 Å². The fraction of sp³-hybridized carbons (Fsp3) is 0.333. The highest BCUT2D eigenvalue weighted by Crippen LogP contribution is 2.39. The van der Waals surface area contributed by atoms with Crippen molar-refractivity contribution >= 4 is 35.1 Å². The minimum Gasteiger partial charge on any atom is -0.385 e. The Morgan fingerprint density at radius 3 is 2.61 bits per heavy atom. The van der Waals surface area contributed by atoms with Crippen LogP contribution in [0.1, 0.15) is 24.4 Å². The molecule has 2 N–H and O–H groups in total. The van der Waals surface area contributed by atoms with Crippen molar-refractivity contribution in [2.24, 2.45) is 10.7 Å². The summed E-state index contributed by atoms with van der Waals surface area (Å²) in [5.74, 6) is 0.324. The first kappa shape index (κ1) is 11.8. The average molecular weight is 284 g/mol. The smallest absolute Gasteiger partial charge is 0.346 e. The summed E-state index contributed by atoms with van der Waals surface area (Å²) in [5, 5.41) is 0.940. The minimum absolute atomic E-state index is 0.252. The Bertz CT molecular complexity index is 554. The van der Waals surface area contributed by atoms with Crippen LogP contribution >= 0.6 is 23.2 Å². The second kappa shape index (κ2) is 4.14. The second-order valence-corrected chi connectivity index (χ2v) is 5.35. The molecule has 1 atom stereocenters. The molecule has 0 radical (unpaired) electrons. The van der Waals surface area contributed by atoms with Gasteiger partial charge in [-0.1, -0.05) is 29.3 Å². The largest absolute Gasteiger partial charge is 0.385 e. The number of rotatable bonds is 2. The van der Waals surface area contributed by atoms with Crippen LogP contribution in [0, 0.1) is 0 Å². The van der Waals surface area contributed by atoms with Crippen LogP contribution in [0.2, 0.25) is 10.0 Å². The minimum atomic E-state index is -0.306. The van der Waals surface area contributed by atoms with Gasteiger partial charge in [0.1, 0.15) is 11.9 Å². The first-order chi connectivity index (χ1) is 8.58. The van der Waals surface area contributed by atoms with E-state index in [0.29, 0.717) is 15.9 Å². The quantitative estimate of drug-likeness (QED) is 0.907. The standard InChI is InChI=1S/C12H11Cl2N3O/c13-8-4-1-6(5-9(8)14)10-11(15)16-12(18)17(10)7-2-3-7/h1,4-5,7,10H,2-3H2,(H2,15,16,18). The van der Waals surface area contributed by atoms with Gasteiger partial charge in [-0.15, -0.1) is 0 Å². The van der Waals surface area contributed by atoms with Crippen LogP contribution < -0.4 is 5.73 Å². The van der Waals surface area contributed by atoms with E-state index >= 15 is 0 Å². The molecule has 4 nitrogen and oxygen atoms in total. The van der Waals surface area contributed by atoms with Crippen LogP contribution in [0.5, 0.6) is 0 Å². The Morgan fingerprint density at radius 1 is 1.28 bits per heavy atom. The van der Waals surface area contributed by atoms with Crippen molar-refractivity contribution in [3.05, 3.63) is 33.8 Å². The number of nitrogens with zero attached hydrogens (tertiary/aromatic N) is 2. The average Bonchev–Trinajstić information content (AvgIpc) is 3.09. The third kappa shape index (κ3) is 1.85. The molecule has 1 heterocycles. The molecule has 1 aliphatic carbocycles. The van der Waals surface area contributed by atoms with Crippen LogP contribution in [-0.4, -0.2) is 22.8 Å². The summed E-state index contributed by atoms with van der Waals surface area (Å²) in [6.45, 7) is 0. The van der Waals surface area contributed by atoms with Crippen molar-refractivity contribution in [3.63, 3.8) is 0 Å². The maximum atomic E-state index is 11.8. The molecule has 0 aromatic heterocycles. The molecule has 0 spiro atoms. The molecule has 94 valence electrons. The zero-order chi connectivity index (χ0) is 12.9. The lowest BCUT2D eigenvalue weighted by atomic mass is 10.1. The SMILES string of the molecule is NC1=NC(=O)N(C2CC2)C1c1ccc(Cl)c(Cl)c1. The number of aliphatic imine (C=N–C) groups is 1. The Labute approximate surface area is 114 Å². The molecule has 1 fully saturated rings. The van der Waals surface area contributed by atoms with Crippen LogP contribution in [0.3, 0.4) is 0 Å². The van der Waals surface area contributed by atoms with Gasteiger partial charge >= 0.3 is 6.03 Å². The number of hydrogen-bond acceptors (Lipinski definition) is 2. The lowest BCUT2D eigenvalue weighted by molar-refractivity contribution is 0.203. The lowest BCUT2D eigenvalue weighted by Gasteiger charge is -2.24. The zero-order valence-electron chi connectivity index (χ0n) is 9.44. The highest BCUT2D eigenvalue weighted by atomic mass is 35.5. The second-order valence-electron chi connectivity index (χ2n) is 4.53. The number of carbonyl (C=O) groups excluding carboxylic acids is 1. The van der Waals surface area contributed by atoms with Crippen LogP contribution in [0.25, 0.3) is 0 Å². The first-order valence-corrected chi connectivity index (χ1v) is 6.45. The van der Waals surface area contributed by atoms with Crippen molar-refractivity contribution in [1.29, 1.82) is 0 Å². The monoisotopic (exact) mass is 283 g/mol. The fourth-order valence-corrected chi connectivity index (χ4v) is 2.52. The normalized spacial score (nSPS) is 23.4. The number of halogens is 2. The number of urea groups is 1. The maximum Gasteiger partial charge on any atom is 0.346 e. The van der Waals surface area contributed by atoms with E-state index in [1.807, 2.05) is 6.07 Å². The highest BCUT2D eigenvalue weighted by Gasteiger charge is 2.43. The van der Waals surface area contributed by atoms with E-state index < -0.39 is 0 Å². The molecule has 2 aliphatic rings. The van der Waals surface area contributed by atoms with Gasteiger partial charge in [-0.3, -0.25) is 0 Å². The maximum absolute atomic E-state index is 11.8. The molecule has 1 aliphatic heterocycles. The van der Waals surface area contributed by atoms with Crippen molar-refractivity contribution in [2.75, 3.05) is 0 Å². The molecule has 0 saturated heterocycles. The van der Waals surface area contributed by atoms with Gasteiger partial charge in [-0.2, -0.15) is 4.99 Å². The Morgan fingerprint density at radius 2 is 2.00 bits per heavy atom. The van der Waals surface area contributed by atoms with E-state index in [1.54, 1.807) is 17.0 Å². The third-order valence-corrected chi connectivity index (χ3v) is 3.94. The molecule has 1 unspecified atom stereocenters. The van der Waals surface area contributed by atoms with Gasteiger partial charge in [0.25, 0.3) is 0 Å². The zero-order valence-corrected chi connectivity index (χ0v) is 10.9. The number of amides is 2. The number of hydrogen-bond donors (Lipinski definition) is 1. The van der Waals surface area contributed by atoms with Gasteiger partial charge in [0, 0.05) is 6.04 Å². The molecule has 1 aromatic rings. The molecule has 0 bridgehead atoms. The molecular weight excluding hydrogens is 273 g/mol. The van der Waals surface area contributed by atoms with Crippen molar-refractivity contribution < 1.29 is 4.79 Å². The predicted molar refractivity (Wildman–Crippen MR) is 71.1 cm³/mol. The third-order valence-electron chi connectivity index (χ3n) is 3.20. The van der Waals surface area contributed by atoms with E-state index in [4.69, 9.17) is 28.9 Å². The summed E-state index contributed by atoms with van der Waals surface area (Å²) in [4.78, 5) is 17.4. The molecule has 1 aromatic carbocycles. The molecule has 18 heavy (non-hydrogen) atoms. The van der Waals surface area contributed by atoms with Crippen LogP contribution in [-0.2, 0) is 0 Å². The van der Waals surface area contributed by atoms with Gasteiger partial charge < -0.3 is 10.6 Å². The number of amidine groups is 1. The number of carbonyl (C=O) groups is 1. The summed E-state index contributed by atoms with van der Waals surface area (Å²) < 4.78 is 0. The van der Waals surface area contributed by atoms with Crippen LogP contribution in [0.4, 0.5) is 4.79 Å². The van der Waals surface area contributed by atoms with E-state index in [0.717, 1.165) is 18.4 Å². The Kier molecular flexibility index (Phi) is 2.72. The number of benzene rings is 1.